The molecular weight excluding hydrogens is 222 g/mol. The normalized spacial score (nSPS) is 17.8. The molecule has 1 aromatic rings. The number of benzene rings is 1. The molecule has 4 heteroatoms. The Morgan fingerprint density at radius 3 is 2.56 bits per heavy atom. The van der Waals surface area contributed by atoms with Crippen LogP contribution in [0.3, 0.4) is 0 Å². The van der Waals surface area contributed by atoms with E-state index in [1.807, 2.05) is 6.07 Å². The summed E-state index contributed by atoms with van der Waals surface area (Å²) in [5.74, 6) is 0. The molecule has 0 saturated heterocycles. The minimum absolute atomic E-state index is 0.180. The van der Waals surface area contributed by atoms with Crippen LogP contribution in [-0.2, 0) is 16.4 Å². The summed E-state index contributed by atoms with van der Waals surface area (Å²) >= 11 is 0. The molecule has 0 spiro atoms. The highest BCUT2D eigenvalue weighted by Crippen LogP contribution is 2.29. The molecule has 1 saturated carbocycles. The van der Waals surface area contributed by atoms with Gasteiger partial charge in [0.2, 0.25) is 0 Å². The predicted molar refractivity (Wildman–Crippen MR) is 63.8 cm³/mol. The van der Waals surface area contributed by atoms with Gasteiger partial charge >= 0.3 is 0 Å². The SMILES string of the molecule is NCc1cccc(S(=O)(=O)C2CCCC2)c1. The highest BCUT2D eigenvalue weighted by molar-refractivity contribution is 7.92. The van der Waals surface area contributed by atoms with Gasteiger partial charge in [0.1, 0.15) is 0 Å². The van der Waals surface area contributed by atoms with Crippen molar-refractivity contribution in [2.45, 2.75) is 42.4 Å². The third kappa shape index (κ3) is 2.13. The summed E-state index contributed by atoms with van der Waals surface area (Å²) in [6, 6.07) is 7.00. The molecule has 0 amide bonds. The molecule has 0 atom stereocenters. The third-order valence-corrected chi connectivity index (χ3v) is 5.46. The van der Waals surface area contributed by atoms with Gasteiger partial charge in [-0.15, -0.1) is 0 Å². The zero-order valence-corrected chi connectivity index (χ0v) is 10.0. The van der Waals surface area contributed by atoms with E-state index in [2.05, 4.69) is 0 Å². The molecule has 2 N–H and O–H groups in total. The molecule has 1 aliphatic carbocycles. The number of hydrogen-bond acceptors (Lipinski definition) is 3. The van der Waals surface area contributed by atoms with Crippen LogP contribution in [0.25, 0.3) is 0 Å². The monoisotopic (exact) mass is 239 g/mol. The van der Waals surface area contributed by atoms with Crippen molar-refractivity contribution >= 4 is 9.84 Å². The Labute approximate surface area is 96.6 Å². The summed E-state index contributed by atoms with van der Waals surface area (Å²) < 4.78 is 24.5. The van der Waals surface area contributed by atoms with Gasteiger partial charge in [0, 0.05) is 6.54 Å². The molecule has 0 aromatic heterocycles. The van der Waals surface area contributed by atoms with Crippen molar-refractivity contribution in [1.29, 1.82) is 0 Å². The summed E-state index contributed by atoms with van der Waals surface area (Å²) in [7, 11) is -3.13. The second-order valence-corrected chi connectivity index (χ2v) is 6.53. The summed E-state index contributed by atoms with van der Waals surface area (Å²) in [6.07, 6.45) is 3.66. The van der Waals surface area contributed by atoms with Gasteiger partial charge in [-0.25, -0.2) is 8.42 Å². The first kappa shape index (κ1) is 11.6. The number of hydrogen-bond donors (Lipinski definition) is 1. The van der Waals surface area contributed by atoms with Crippen LogP contribution in [0.4, 0.5) is 0 Å². The standard InChI is InChI=1S/C12H17NO2S/c13-9-10-4-3-7-12(8-10)16(14,15)11-5-1-2-6-11/h3-4,7-8,11H,1-2,5-6,9,13H2. The van der Waals surface area contributed by atoms with Crippen molar-refractivity contribution in [3.63, 3.8) is 0 Å². The lowest BCUT2D eigenvalue weighted by Gasteiger charge is -2.11. The van der Waals surface area contributed by atoms with Crippen molar-refractivity contribution in [2.24, 2.45) is 5.73 Å². The number of sulfone groups is 1. The van der Waals surface area contributed by atoms with E-state index in [-0.39, 0.29) is 5.25 Å². The zero-order valence-electron chi connectivity index (χ0n) is 9.22. The maximum absolute atomic E-state index is 12.3. The van der Waals surface area contributed by atoms with E-state index in [4.69, 9.17) is 5.73 Å². The minimum Gasteiger partial charge on any atom is -0.326 e. The smallest absolute Gasteiger partial charge is 0.181 e. The van der Waals surface area contributed by atoms with Crippen LogP contribution in [0.5, 0.6) is 0 Å². The van der Waals surface area contributed by atoms with Gasteiger partial charge in [0.25, 0.3) is 0 Å². The van der Waals surface area contributed by atoms with Crippen LogP contribution in [0, 0.1) is 0 Å². The van der Waals surface area contributed by atoms with Gasteiger partial charge in [-0.05, 0) is 30.5 Å². The van der Waals surface area contributed by atoms with Gasteiger partial charge in [0.15, 0.2) is 9.84 Å². The highest BCUT2D eigenvalue weighted by atomic mass is 32.2. The fraction of sp³-hybridized carbons (Fsp3) is 0.500. The van der Waals surface area contributed by atoms with Gasteiger partial charge in [0.05, 0.1) is 10.1 Å². The third-order valence-electron chi connectivity index (χ3n) is 3.20. The average Bonchev–Trinajstić information content (AvgIpc) is 2.83. The lowest BCUT2D eigenvalue weighted by Crippen LogP contribution is -2.18. The first-order chi connectivity index (χ1) is 7.64. The quantitative estimate of drug-likeness (QED) is 0.875. The lowest BCUT2D eigenvalue weighted by molar-refractivity contribution is 0.579. The fourth-order valence-corrected chi connectivity index (χ4v) is 4.16. The lowest BCUT2D eigenvalue weighted by atomic mass is 10.2. The summed E-state index contributed by atoms with van der Waals surface area (Å²) in [5, 5.41) is -0.180. The predicted octanol–water partition coefficient (Wildman–Crippen LogP) is 1.86. The highest BCUT2D eigenvalue weighted by Gasteiger charge is 2.30. The Bertz CT molecular complexity index is 462. The van der Waals surface area contributed by atoms with Crippen LogP contribution >= 0.6 is 0 Å². The summed E-state index contributed by atoms with van der Waals surface area (Å²) in [5.41, 5.74) is 6.39. The molecule has 1 aliphatic rings. The molecule has 0 radical (unpaired) electrons. The zero-order chi connectivity index (χ0) is 11.6. The summed E-state index contributed by atoms with van der Waals surface area (Å²) in [4.78, 5) is 0.433. The Morgan fingerprint density at radius 1 is 1.25 bits per heavy atom. The molecule has 2 rings (SSSR count). The minimum atomic E-state index is -3.13. The van der Waals surface area contributed by atoms with Gasteiger partial charge in [-0.2, -0.15) is 0 Å². The second kappa shape index (κ2) is 4.55. The van der Waals surface area contributed by atoms with E-state index in [0.29, 0.717) is 11.4 Å². The second-order valence-electron chi connectivity index (χ2n) is 4.30. The molecule has 0 bridgehead atoms. The Hall–Kier alpha value is -0.870. The van der Waals surface area contributed by atoms with Crippen LogP contribution in [0.1, 0.15) is 31.2 Å². The van der Waals surface area contributed by atoms with Crippen molar-refractivity contribution in [1.82, 2.24) is 0 Å². The number of rotatable bonds is 3. The average molecular weight is 239 g/mol. The molecule has 3 nitrogen and oxygen atoms in total. The van der Waals surface area contributed by atoms with Gasteiger partial charge in [-0.1, -0.05) is 25.0 Å². The Morgan fingerprint density at radius 2 is 1.94 bits per heavy atom. The molecule has 16 heavy (non-hydrogen) atoms. The first-order valence-electron chi connectivity index (χ1n) is 5.67. The van der Waals surface area contributed by atoms with Gasteiger partial charge < -0.3 is 5.73 Å². The van der Waals surface area contributed by atoms with Crippen molar-refractivity contribution in [2.75, 3.05) is 0 Å². The van der Waals surface area contributed by atoms with Crippen LogP contribution in [0.2, 0.25) is 0 Å². The van der Waals surface area contributed by atoms with E-state index < -0.39 is 9.84 Å². The Balaban J connectivity index is 2.34. The first-order valence-corrected chi connectivity index (χ1v) is 7.22. The maximum Gasteiger partial charge on any atom is 0.181 e. The van der Waals surface area contributed by atoms with Crippen LogP contribution < -0.4 is 5.73 Å². The van der Waals surface area contributed by atoms with Crippen LogP contribution in [0.15, 0.2) is 29.2 Å². The molecule has 0 unspecified atom stereocenters. The van der Waals surface area contributed by atoms with E-state index in [9.17, 15) is 8.42 Å². The Kier molecular flexibility index (Phi) is 3.30. The van der Waals surface area contributed by atoms with E-state index in [1.54, 1.807) is 18.2 Å². The van der Waals surface area contributed by atoms with E-state index in [0.717, 1.165) is 31.2 Å². The van der Waals surface area contributed by atoms with E-state index >= 15 is 0 Å². The molecule has 1 aromatic carbocycles. The summed E-state index contributed by atoms with van der Waals surface area (Å²) in [6.45, 7) is 0.383. The molecule has 1 fully saturated rings. The van der Waals surface area contributed by atoms with Crippen molar-refractivity contribution < 1.29 is 8.42 Å². The van der Waals surface area contributed by atoms with E-state index in [1.165, 1.54) is 0 Å². The van der Waals surface area contributed by atoms with Crippen molar-refractivity contribution in [3.8, 4) is 0 Å². The molecule has 88 valence electrons. The maximum atomic E-state index is 12.3. The molecule has 0 aliphatic heterocycles. The molecule has 0 heterocycles. The number of nitrogens with two attached hydrogens (primary N) is 1. The van der Waals surface area contributed by atoms with Crippen LogP contribution in [-0.4, -0.2) is 13.7 Å². The van der Waals surface area contributed by atoms with Crippen molar-refractivity contribution in [3.05, 3.63) is 29.8 Å². The topological polar surface area (TPSA) is 60.2 Å². The molecular formula is C12H17NO2S. The fourth-order valence-electron chi connectivity index (χ4n) is 2.24. The largest absolute Gasteiger partial charge is 0.326 e. The van der Waals surface area contributed by atoms with Gasteiger partial charge in [-0.3, -0.25) is 0 Å².